The Labute approximate surface area is 194 Å². The Balaban J connectivity index is 1.26. The summed E-state index contributed by atoms with van der Waals surface area (Å²) in [6.45, 7) is 5.03. The number of carbonyl (C=O) groups excluding carboxylic acids is 1. The van der Waals surface area contributed by atoms with Crippen LogP contribution in [0.5, 0.6) is 0 Å². The van der Waals surface area contributed by atoms with Gasteiger partial charge in [-0.15, -0.1) is 0 Å². The minimum Gasteiger partial charge on any atom is -0.369 e. The van der Waals surface area contributed by atoms with Crippen LogP contribution in [0.4, 0.5) is 5.69 Å². The van der Waals surface area contributed by atoms with Crippen LogP contribution in [-0.2, 0) is 4.79 Å². The third kappa shape index (κ3) is 4.38. The number of carbonyl (C=O) groups is 1. The van der Waals surface area contributed by atoms with Crippen LogP contribution in [0.25, 0.3) is 0 Å². The molecule has 0 bridgehead atoms. The second-order valence-corrected chi connectivity index (χ2v) is 9.06. The molecule has 2 aliphatic heterocycles. The van der Waals surface area contributed by atoms with Crippen molar-refractivity contribution in [1.82, 2.24) is 10.2 Å². The molecule has 32 heavy (non-hydrogen) atoms. The molecule has 1 fully saturated rings. The molecule has 5 heteroatoms. The maximum atomic E-state index is 13.2. The average molecular weight is 446 g/mol. The first-order chi connectivity index (χ1) is 15.7. The molecule has 0 radical (unpaired) electrons. The molecule has 4 nitrogen and oxygen atoms in total. The van der Waals surface area contributed by atoms with E-state index in [1.165, 1.54) is 11.3 Å². The van der Waals surface area contributed by atoms with E-state index in [1.807, 2.05) is 30.3 Å². The van der Waals surface area contributed by atoms with Crippen LogP contribution in [0.15, 0.2) is 78.9 Å². The van der Waals surface area contributed by atoms with E-state index in [1.54, 1.807) is 0 Å². The second kappa shape index (κ2) is 9.35. The monoisotopic (exact) mass is 445 g/mol. The summed E-state index contributed by atoms with van der Waals surface area (Å²) in [5.41, 5.74) is 4.69. The van der Waals surface area contributed by atoms with Gasteiger partial charge in [0.15, 0.2) is 0 Å². The lowest BCUT2D eigenvalue weighted by Gasteiger charge is -2.37. The number of nitrogens with one attached hydrogen (secondary N) is 1. The van der Waals surface area contributed by atoms with Crippen molar-refractivity contribution in [2.24, 2.45) is 0 Å². The fourth-order valence-electron chi connectivity index (χ4n) is 4.94. The number of hydrogen-bond acceptors (Lipinski definition) is 3. The third-order valence-corrected chi connectivity index (χ3v) is 6.97. The van der Waals surface area contributed by atoms with Gasteiger partial charge in [-0.1, -0.05) is 66.2 Å². The van der Waals surface area contributed by atoms with Crippen molar-refractivity contribution in [2.45, 2.75) is 18.4 Å². The van der Waals surface area contributed by atoms with Crippen molar-refractivity contribution in [3.05, 3.63) is 101 Å². The van der Waals surface area contributed by atoms with Crippen molar-refractivity contribution < 1.29 is 4.79 Å². The summed E-state index contributed by atoms with van der Waals surface area (Å²) in [5, 5.41) is 3.97. The quantitative estimate of drug-likeness (QED) is 0.609. The molecule has 2 unspecified atom stereocenters. The van der Waals surface area contributed by atoms with Crippen LogP contribution in [0.2, 0.25) is 5.02 Å². The van der Waals surface area contributed by atoms with Crippen LogP contribution < -0.4 is 10.2 Å². The number of halogens is 1. The van der Waals surface area contributed by atoms with Gasteiger partial charge in [-0.2, -0.15) is 0 Å². The highest BCUT2D eigenvalue weighted by molar-refractivity contribution is 6.30. The van der Waals surface area contributed by atoms with E-state index >= 15 is 0 Å². The van der Waals surface area contributed by atoms with E-state index < -0.39 is 0 Å². The van der Waals surface area contributed by atoms with Gasteiger partial charge in [-0.25, -0.2) is 0 Å². The van der Waals surface area contributed by atoms with Crippen molar-refractivity contribution in [3.8, 4) is 0 Å². The average Bonchev–Trinajstić information content (AvgIpc) is 2.84. The molecule has 1 saturated heterocycles. The molecule has 0 saturated carbocycles. The highest BCUT2D eigenvalue weighted by Crippen LogP contribution is 2.36. The van der Waals surface area contributed by atoms with Gasteiger partial charge in [0.05, 0.1) is 12.0 Å². The number of fused-ring (bicyclic) bond motifs is 1. The SMILES string of the molecule is O=C1NC(c2ccc(Cl)cc2)c2ccccc2C1CCN1CCN(c2ccccc2)CC1. The predicted octanol–water partition coefficient (Wildman–Crippen LogP) is 4.86. The van der Waals surface area contributed by atoms with Crippen LogP contribution >= 0.6 is 11.6 Å². The van der Waals surface area contributed by atoms with Crippen molar-refractivity contribution in [1.29, 1.82) is 0 Å². The zero-order chi connectivity index (χ0) is 21.9. The van der Waals surface area contributed by atoms with E-state index in [0.717, 1.165) is 50.3 Å². The lowest BCUT2D eigenvalue weighted by atomic mass is 9.82. The van der Waals surface area contributed by atoms with Gasteiger partial charge < -0.3 is 10.2 Å². The zero-order valence-electron chi connectivity index (χ0n) is 18.1. The Morgan fingerprint density at radius 3 is 2.19 bits per heavy atom. The lowest BCUT2D eigenvalue weighted by Crippen LogP contribution is -2.47. The molecule has 3 aromatic carbocycles. The molecule has 164 valence electrons. The van der Waals surface area contributed by atoms with Crippen LogP contribution in [-0.4, -0.2) is 43.5 Å². The maximum absolute atomic E-state index is 13.2. The number of hydrogen-bond donors (Lipinski definition) is 1. The van der Waals surface area contributed by atoms with Crippen molar-refractivity contribution in [2.75, 3.05) is 37.6 Å². The molecular weight excluding hydrogens is 418 g/mol. The first-order valence-corrected chi connectivity index (χ1v) is 11.7. The number of nitrogens with zero attached hydrogens (tertiary/aromatic N) is 2. The molecule has 1 N–H and O–H groups in total. The summed E-state index contributed by atoms with van der Waals surface area (Å²) in [4.78, 5) is 18.1. The number of anilines is 1. The molecule has 5 rings (SSSR count). The molecular formula is C27H28ClN3O. The standard InChI is InChI=1S/C27H28ClN3O/c28-21-12-10-20(11-13-21)26-24-9-5-4-8-23(24)25(27(32)29-26)14-15-30-16-18-31(19-17-30)22-6-2-1-3-7-22/h1-13,25-26H,14-19H2,(H,29,32). The molecule has 2 aliphatic rings. The zero-order valence-corrected chi connectivity index (χ0v) is 18.8. The summed E-state index contributed by atoms with van der Waals surface area (Å²) in [6, 6.07) is 26.6. The first kappa shape index (κ1) is 21.0. The van der Waals surface area contributed by atoms with Crippen LogP contribution in [0.1, 0.15) is 35.1 Å². The van der Waals surface area contributed by atoms with Crippen LogP contribution in [0, 0.1) is 0 Å². The van der Waals surface area contributed by atoms with Gasteiger partial charge in [-0.3, -0.25) is 9.69 Å². The van der Waals surface area contributed by atoms with E-state index in [9.17, 15) is 4.79 Å². The number of rotatable bonds is 5. The summed E-state index contributed by atoms with van der Waals surface area (Å²) in [7, 11) is 0. The van der Waals surface area contributed by atoms with Crippen molar-refractivity contribution >= 4 is 23.2 Å². The normalized spacial score (nSPS) is 21.2. The Morgan fingerprint density at radius 1 is 0.812 bits per heavy atom. The minimum atomic E-state index is -0.123. The van der Waals surface area contributed by atoms with Gasteiger partial charge in [0, 0.05) is 36.9 Å². The van der Waals surface area contributed by atoms with Gasteiger partial charge >= 0.3 is 0 Å². The van der Waals surface area contributed by atoms with E-state index in [0.29, 0.717) is 5.02 Å². The Hall–Kier alpha value is -2.82. The van der Waals surface area contributed by atoms with Gasteiger partial charge in [-0.05, 0) is 53.9 Å². The number of para-hydroxylation sites is 1. The third-order valence-electron chi connectivity index (χ3n) is 6.72. The molecule has 2 atom stereocenters. The fraction of sp³-hybridized carbons (Fsp3) is 0.296. The number of amides is 1. The Kier molecular flexibility index (Phi) is 6.15. The van der Waals surface area contributed by atoms with E-state index in [4.69, 9.17) is 11.6 Å². The van der Waals surface area contributed by atoms with Gasteiger partial charge in [0.2, 0.25) is 5.91 Å². The highest BCUT2D eigenvalue weighted by Gasteiger charge is 2.34. The number of piperazine rings is 1. The Morgan fingerprint density at radius 2 is 1.47 bits per heavy atom. The smallest absolute Gasteiger partial charge is 0.228 e. The fourth-order valence-corrected chi connectivity index (χ4v) is 5.06. The molecule has 0 aromatic heterocycles. The first-order valence-electron chi connectivity index (χ1n) is 11.4. The van der Waals surface area contributed by atoms with E-state index in [2.05, 4.69) is 63.6 Å². The molecule has 3 aromatic rings. The second-order valence-electron chi connectivity index (χ2n) is 8.63. The summed E-state index contributed by atoms with van der Waals surface area (Å²) < 4.78 is 0. The van der Waals surface area contributed by atoms with Gasteiger partial charge in [0.25, 0.3) is 0 Å². The number of benzene rings is 3. The van der Waals surface area contributed by atoms with Crippen LogP contribution in [0.3, 0.4) is 0 Å². The molecule has 0 aliphatic carbocycles. The highest BCUT2D eigenvalue weighted by atomic mass is 35.5. The molecule has 2 heterocycles. The summed E-state index contributed by atoms with van der Waals surface area (Å²) in [5.74, 6) is 0.00785. The maximum Gasteiger partial charge on any atom is 0.228 e. The summed E-state index contributed by atoms with van der Waals surface area (Å²) >= 11 is 6.07. The topological polar surface area (TPSA) is 35.6 Å². The largest absolute Gasteiger partial charge is 0.369 e. The summed E-state index contributed by atoms with van der Waals surface area (Å²) in [6.07, 6.45) is 0.835. The molecule has 1 amide bonds. The van der Waals surface area contributed by atoms with Crippen molar-refractivity contribution in [3.63, 3.8) is 0 Å². The predicted molar refractivity (Wildman–Crippen MR) is 130 cm³/mol. The molecule has 0 spiro atoms. The Bertz CT molecular complexity index is 1060. The van der Waals surface area contributed by atoms with Gasteiger partial charge in [0.1, 0.15) is 0 Å². The minimum absolute atomic E-state index is 0.109. The van der Waals surface area contributed by atoms with E-state index in [-0.39, 0.29) is 17.9 Å². The lowest BCUT2D eigenvalue weighted by molar-refractivity contribution is -0.124.